The average Bonchev–Trinajstić information content (AvgIpc) is 3.51. The van der Waals surface area contributed by atoms with Crippen molar-refractivity contribution in [1.82, 2.24) is 24.3 Å². The number of anilines is 1. The van der Waals surface area contributed by atoms with E-state index in [1.165, 1.54) is 19.3 Å². The number of likely N-dealkylation sites (tertiary alicyclic amines) is 3. The van der Waals surface area contributed by atoms with Crippen molar-refractivity contribution in [3.63, 3.8) is 0 Å². The van der Waals surface area contributed by atoms with Crippen molar-refractivity contribution in [2.45, 2.75) is 61.1 Å². The van der Waals surface area contributed by atoms with Crippen molar-refractivity contribution in [2.24, 2.45) is 5.73 Å². The van der Waals surface area contributed by atoms with E-state index in [1.54, 1.807) is 20.6 Å². The lowest BCUT2D eigenvalue weighted by Gasteiger charge is -2.46. The van der Waals surface area contributed by atoms with E-state index in [0.29, 0.717) is 48.8 Å². The number of aromatic amines is 1. The van der Waals surface area contributed by atoms with Gasteiger partial charge in [0, 0.05) is 55.9 Å². The van der Waals surface area contributed by atoms with Gasteiger partial charge in [0.05, 0.1) is 10.5 Å². The minimum Gasteiger partial charge on any atom is -0.341 e. The molecule has 12 heteroatoms. The molecule has 0 radical (unpaired) electrons. The Balaban J connectivity index is 1.18. The van der Waals surface area contributed by atoms with Gasteiger partial charge in [0.2, 0.25) is 5.91 Å². The van der Waals surface area contributed by atoms with Crippen LogP contribution in [0.3, 0.4) is 0 Å². The highest BCUT2D eigenvalue weighted by molar-refractivity contribution is 9.09. The summed E-state index contributed by atoms with van der Waals surface area (Å²) in [6.07, 6.45) is 7.84. The number of hydrogen-bond donors (Lipinski definition) is 2. The first-order chi connectivity index (χ1) is 22.3. The summed E-state index contributed by atoms with van der Waals surface area (Å²) in [6.45, 7) is 4.28. The van der Waals surface area contributed by atoms with Crippen LogP contribution < -0.4 is 16.3 Å². The lowest BCUT2D eigenvalue weighted by atomic mass is 9.97. The zero-order valence-electron chi connectivity index (χ0n) is 26.1. The van der Waals surface area contributed by atoms with Crippen LogP contribution in [-0.4, -0.2) is 97.7 Å². The standard InChI is InChI=1S/C34H43Br2N7O3/c35-22-29(31(44)40-19-14-26(15-20-40)39-17-8-3-9-18-39)43(27-12-6-2-7-13-27)33(46)41-21-16-34(37,30(36)24-41)42-23-28(38-32(42)45)25-10-4-1-5-11-25/h1-2,4-7,10-13,23,26,29-30H,3,8-9,14-22,24,37H2,(H,38,45)/t29-,30?,34?/m0/s1. The number of carbonyl (C=O) groups is 2. The Morgan fingerprint density at radius 3 is 2.22 bits per heavy atom. The normalized spacial score (nSPS) is 23.7. The van der Waals surface area contributed by atoms with Crippen LogP contribution in [0.5, 0.6) is 0 Å². The summed E-state index contributed by atoms with van der Waals surface area (Å²) in [5.41, 5.74) is 7.82. The number of nitrogens with one attached hydrogen (secondary N) is 1. The molecular formula is C34H43Br2N7O3. The highest BCUT2D eigenvalue weighted by atomic mass is 79.9. The van der Waals surface area contributed by atoms with E-state index >= 15 is 0 Å². The monoisotopic (exact) mass is 755 g/mol. The molecule has 2 unspecified atom stereocenters. The highest BCUT2D eigenvalue weighted by Crippen LogP contribution is 2.33. The minimum absolute atomic E-state index is 0.0425. The Morgan fingerprint density at radius 1 is 0.935 bits per heavy atom. The van der Waals surface area contributed by atoms with Gasteiger partial charge in [-0.1, -0.05) is 86.8 Å². The Kier molecular flexibility index (Phi) is 10.4. The summed E-state index contributed by atoms with van der Waals surface area (Å²) in [7, 11) is 0. The molecule has 3 saturated heterocycles. The van der Waals surface area contributed by atoms with Gasteiger partial charge in [-0.3, -0.25) is 14.3 Å². The van der Waals surface area contributed by atoms with E-state index in [-0.39, 0.29) is 24.2 Å². The fraction of sp³-hybridized carbons (Fsp3) is 0.500. The van der Waals surface area contributed by atoms with Crippen LogP contribution in [0.15, 0.2) is 71.7 Å². The molecule has 246 valence electrons. The SMILES string of the molecule is NC1(n2cc(-c3ccccc3)[nH]c2=O)CCN(C(=O)N(c2ccccc2)[C@@H](CBr)C(=O)N2CCC(N3CCCCC3)CC2)CC1Br. The van der Waals surface area contributed by atoms with Crippen LogP contribution in [0.2, 0.25) is 0 Å². The van der Waals surface area contributed by atoms with E-state index in [2.05, 4.69) is 41.7 Å². The molecule has 0 aliphatic carbocycles. The predicted octanol–water partition coefficient (Wildman–Crippen LogP) is 4.79. The molecule has 1 aromatic heterocycles. The van der Waals surface area contributed by atoms with Gasteiger partial charge in [0.1, 0.15) is 11.7 Å². The zero-order valence-corrected chi connectivity index (χ0v) is 29.2. The quantitative estimate of drug-likeness (QED) is 0.337. The molecule has 2 aromatic carbocycles. The number of para-hydroxylation sites is 1. The molecule has 3 aliphatic heterocycles. The number of H-pyrrole nitrogens is 1. The first kappa shape index (κ1) is 33.0. The summed E-state index contributed by atoms with van der Waals surface area (Å²) in [6, 6.07) is 18.6. The van der Waals surface area contributed by atoms with Crippen molar-refractivity contribution in [1.29, 1.82) is 0 Å². The van der Waals surface area contributed by atoms with E-state index in [0.717, 1.165) is 31.5 Å². The average molecular weight is 758 g/mol. The molecule has 3 atom stereocenters. The van der Waals surface area contributed by atoms with E-state index in [1.807, 2.05) is 65.6 Å². The van der Waals surface area contributed by atoms with Gasteiger partial charge in [-0.15, -0.1) is 0 Å². The number of benzene rings is 2. The van der Waals surface area contributed by atoms with Crippen LogP contribution in [-0.2, 0) is 10.5 Å². The maximum Gasteiger partial charge on any atom is 0.327 e. The van der Waals surface area contributed by atoms with Crippen molar-refractivity contribution < 1.29 is 9.59 Å². The summed E-state index contributed by atoms with van der Waals surface area (Å²) in [4.78, 5) is 52.1. The number of amides is 3. The third kappa shape index (κ3) is 6.72. The van der Waals surface area contributed by atoms with E-state index < -0.39 is 16.5 Å². The molecule has 6 rings (SSSR count). The molecule has 4 heterocycles. The largest absolute Gasteiger partial charge is 0.341 e. The number of halogens is 2. The Bertz CT molecular complexity index is 1540. The van der Waals surface area contributed by atoms with E-state index in [4.69, 9.17) is 5.73 Å². The van der Waals surface area contributed by atoms with Gasteiger partial charge < -0.3 is 25.4 Å². The number of piperidine rings is 3. The summed E-state index contributed by atoms with van der Waals surface area (Å²) in [5.74, 6) is -0.0425. The topological polar surface area (TPSA) is 111 Å². The second-order valence-electron chi connectivity index (χ2n) is 12.7. The van der Waals surface area contributed by atoms with Crippen LogP contribution in [0.1, 0.15) is 38.5 Å². The molecule has 46 heavy (non-hydrogen) atoms. The number of rotatable bonds is 7. The molecule has 3 N–H and O–H groups in total. The molecule has 3 amide bonds. The summed E-state index contributed by atoms with van der Waals surface area (Å²) < 4.78 is 1.55. The number of urea groups is 1. The predicted molar refractivity (Wildman–Crippen MR) is 188 cm³/mol. The number of nitrogens with zero attached hydrogens (tertiary/aromatic N) is 5. The van der Waals surface area contributed by atoms with Crippen LogP contribution in [0.4, 0.5) is 10.5 Å². The molecule has 3 aliphatic rings. The number of aromatic nitrogens is 2. The molecule has 10 nitrogen and oxygen atoms in total. The van der Waals surface area contributed by atoms with Gasteiger partial charge in [-0.05, 0) is 56.5 Å². The van der Waals surface area contributed by atoms with Crippen LogP contribution in [0.25, 0.3) is 11.3 Å². The number of nitrogens with two attached hydrogens (primary N) is 1. The van der Waals surface area contributed by atoms with Gasteiger partial charge >= 0.3 is 11.7 Å². The highest BCUT2D eigenvalue weighted by Gasteiger charge is 2.45. The molecular weight excluding hydrogens is 714 g/mol. The number of alkyl halides is 2. The summed E-state index contributed by atoms with van der Waals surface area (Å²) >= 11 is 7.34. The van der Waals surface area contributed by atoms with Crippen molar-refractivity contribution >= 4 is 49.5 Å². The smallest absolute Gasteiger partial charge is 0.327 e. The first-order valence-corrected chi connectivity index (χ1v) is 18.4. The lowest BCUT2D eigenvalue weighted by molar-refractivity contribution is -0.133. The second-order valence-corrected chi connectivity index (χ2v) is 14.4. The number of hydrogen-bond acceptors (Lipinski definition) is 5. The van der Waals surface area contributed by atoms with Crippen LogP contribution >= 0.6 is 31.9 Å². The third-order valence-corrected chi connectivity index (χ3v) is 11.6. The van der Waals surface area contributed by atoms with E-state index in [9.17, 15) is 14.4 Å². The molecule has 0 saturated carbocycles. The lowest BCUT2D eigenvalue weighted by Crippen LogP contribution is -2.65. The van der Waals surface area contributed by atoms with Gasteiger partial charge in [0.25, 0.3) is 0 Å². The third-order valence-electron chi connectivity index (χ3n) is 9.89. The number of imidazole rings is 1. The maximum atomic E-state index is 14.4. The molecule has 3 fully saturated rings. The molecule has 3 aromatic rings. The second kappa shape index (κ2) is 14.5. The number of carbonyl (C=O) groups excluding carboxylic acids is 2. The van der Waals surface area contributed by atoms with Crippen molar-refractivity contribution in [3.8, 4) is 11.3 Å². The van der Waals surface area contributed by atoms with Gasteiger partial charge in [-0.25, -0.2) is 9.59 Å². The van der Waals surface area contributed by atoms with Gasteiger partial charge in [-0.2, -0.15) is 0 Å². The minimum atomic E-state index is -1.06. The Labute approximate surface area is 287 Å². The Hall–Kier alpha value is -2.93. The van der Waals surface area contributed by atoms with Gasteiger partial charge in [0.15, 0.2) is 0 Å². The molecule has 0 bridgehead atoms. The summed E-state index contributed by atoms with van der Waals surface area (Å²) in [5, 5.41) is 0.311. The first-order valence-electron chi connectivity index (χ1n) is 16.3. The Morgan fingerprint density at radius 2 is 1.59 bits per heavy atom. The van der Waals surface area contributed by atoms with Crippen molar-refractivity contribution in [2.75, 3.05) is 49.5 Å². The fourth-order valence-corrected chi connectivity index (χ4v) is 8.55. The zero-order chi connectivity index (χ0) is 32.3. The maximum absolute atomic E-state index is 14.4. The molecule has 0 spiro atoms. The van der Waals surface area contributed by atoms with Crippen molar-refractivity contribution in [3.05, 3.63) is 77.3 Å². The fourth-order valence-electron chi connectivity index (χ4n) is 7.18. The van der Waals surface area contributed by atoms with Crippen LogP contribution in [0, 0.1) is 0 Å².